The van der Waals surface area contributed by atoms with E-state index in [9.17, 15) is 0 Å². The first-order valence-electron chi connectivity index (χ1n) is 5.03. The number of methoxy groups -OCH3 is 1. The fourth-order valence-corrected chi connectivity index (χ4v) is 1.78. The molecule has 1 aromatic rings. The number of nitrogens with two attached hydrogens (primary N) is 1. The minimum atomic E-state index is -0.327. The van der Waals surface area contributed by atoms with E-state index in [2.05, 4.69) is 6.07 Å². The van der Waals surface area contributed by atoms with Crippen molar-refractivity contribution in [2.75, 3.05) is 7.11 Å². The molecule has 2 N–H and O–H groups in total. The monoisotopic (exact) mass is 202 g/mol. The van der Waals surface area contributed by atoms with Crippen molar-refractivity contribution >= 4 is 0 Å². The lowest BCUT2D eigenvalue weighted by Crippen LogP contribution is -2.21. The molecule has 78 valence electrons. The topological polar surface area (TPSA) is 59.0 Å². The molecule has 1 aliphatic rings. The molecule has 0 heterocycles. The van der Waals surface area contributed by atoms with Crippen molar-refractivity contribution in [3.05, 3.63) is 29.8 Å². The standard InChI is InChI=1S/C12H14N2O/c1-15-10-4-2-3-9(7-10)11(14)12(8-13)5-6-12/h2-4,7,11H,5-6,14H2,1H3. The number of rotatable bonds is 3. The fraction of sp³-hybridized carbons (Fsp3) is 0.417. The third-order valence-electron chi connectivity index (χ3n) is 3.06. The highest BCUT2D eigenvalue weighted by atomic mass is 16.5. The summed E-state index contributed by atoms with van der Waals surface area (Å²) < 4.78 is 5.13. The summed E-state index contributed by atoms with van der Waals surface area (Å²) in [6, 6.07) is 9.76. The predicted molar refractivity (Wildman–Crippen MR) is 57.2 cm³/mol. The van der Waals surface area contributed by atoms with Crippen LogP contribution in [0.4, 0.5) is 0 Å². The number of hydrogen-bond donors (Lipinski definition) is 1. The summed E-state index contributed by atoms with van der Waals surface area (Å²) in [6.45, 7) is 0. The van der Waals surface area contributed by atoms with Gasteiger partial charge in [0.05, 0.1) is 18.6 Å². The average molecular weight is 202 g/mol. The van der Waals surface area contributed by atoms with Crippen LogP contribution in [0, 0.1) is 16.7 Å². The molecule has 0 amide bonds. The van der Waals surface area contributed by atoms with E-state index in [1.54, 1.807) is 7.11 Å². The normalized spacial score (nSPS) is 19.0. The highest BCUT2D eigenvalue weighted by molar-refractivity contribution is 5.34. The molecule has 1 atom stereocenters. The molecule has 0 saturated heterocycles. The Morgan fingerprint density at radius 1 is 1.53 bits per heavy atom. The van der Waals surface area contributed by atoms with Crippen LogP contribution < -0.4 is 10.5 Å². The summed E-state index contributed by atoms with van der Waals surface area (Å²) in [4.78, 5) is 0. The quantitative estimate of drug-likeness (QED) is 0.815. The Morgan fingerprint density at radius 2 is 2.27 bits per heavy atom. The Labute approximate surface area is 89.5 Å². The van der Waals surface area contributed by atoms with E-state index in [1.807, 2.05) is 24.3 Å². The minimum absolute atomic E-state index is 0.197. The summed E-state index contributed by atoms with van der Waals surface area (Å²) in [5.41, 5.74) is 6.74. The second-order valence-corrected chi connectivity index (χ2v) is 4.02. The maximum atomic E-state index is 9.05. The van der Waals surface area contributed by atoms with Crippen LogP contribution in [0.1, 0.15) is 24.4 Å². The van der Waals surface area contributed by atoms with Crippen molar-refractivity contribution in [3.63, 3.8) is 0 Å². The van der Waals surface area contributed by atoms with E-state index in [4.69, 9.17) is 15.7 Å². The molecule has 2 rings (SSSR count). The van der Waals surface area contributed by atoms with Gasteiger partial charge < -0.3 is 10.5 Å². The van der Waals surface area contributed by atoms with Gasteiger partial charge >= 0.3 is 0 Å². The first-order chi connectivity index (χ1) is 7.22. The van der Waals surface area contributed by atoms with Crippen LogP contribution in [0.2, 0.25) is 0 Å². The molecule has 1 fully saturated rings. The maximum Gasteiger partial charge on any atom is 0.119 e. The van der Waals surface area contributed by atoms with Crippen molar-refractivity contribution in [1.82, 2.24) is 0 Å². The summed E-state index contributed by atoms with van der Waals surface area (Å²) in [7, 11) is 1.63. The van der Waals surface area contributed by atoms with Crippen molar-refractivity contribution in [1.29, 1.82) is 5.26 Å². The van der Waals surface area contributed by atoms with Crippen molar-refractivity contribution in [3.8, 4) is 11.8 Å². The summed E-state index contributed by atoms with van der Waals surface area (Å²) in [5, 5.41) is 9.05. The number of benzene rings is 1. The van der Waals surface area contributed by atoms with Crippen LogP contribution in [-0.4, -0.2) is 7.11 Å². The van der Waals surface area contributed by atoms with E-state index in [0.29, 0.717) is 0 Å². The van der Waals surface area contributed by atoms with E-state index < -0.39 is 0 Å². The SMILES string of the molecule is COc1cccc(C(N)C2(C#N)CC2)c1. The third kappa shape index (κ3) is 1.69. The van der Waals surface area contributed by atoms with Gasteiger partial charge in [-0.2, -0.15) is 5.26 Å². The van der Waals surface area contributed by atoms with Crippen LogP contribution in [0.3, 0.4) is 0 Å². The Kier molecular flexibility index (Phi) is 2.37. The van der Waals surface area contributed by atoms with Crippen LogP contribution in [0.15, 0.2) is 24.3 Å². The van der Waals surface area contributed by atoms with Gasteiger partial charge in [0.25, 0.3) is 0 Å². The predicted octanol–water partition coefficient (Wildman–Crippen LogP) is 2.00. The molecule has 1 aromatic carbocycles. The molecule has 1 saturated carbocycles. The van der Waals surface area contributed by atoms with Gasteiger partial charge in [-0.25, -0.2) is 0 Å². The van der Waals surface area contributed by atoms with Gasteiger partial charge in [-0.3, -0.25) is 0 Å². The van der Waals surface area contributed by atoms with Crippen LogP contribution >= 0.6 is 0 Å². The van der Waals surface area contributed by atoms with Crippen LogP contribution in [0.25, 0.3) is 0 Å². The van der Waals surface area contributed by atoms with Gasteiger partial charge in [-0.15, -0.1) is 0 Å². The molecule has 0 aromatic heterocycles. The number of hydrogen-bond acceptors (Lipinski definition) is 3. The number of nitriles is 1. The molecule has 0 spiro atoms. The summed E-state index contributed by atoms with van der Waals surface area (Å²) in [5.74, 6) is 0.789. The van der Waals surface area contributed by atoms with E-state index in [-0.39, 0.29) is 11.5 Å². The fourth-order valence-electron chi connectivity index (χ4n) is 1.78. The zero-order chi connectivity index (χ0) is 10.9. The first kappa shape index (κ1) is 10.0. The molecule has 3 heteroatoms. The molecule has 0 radical (unpaired) electrons. The van der Waals surface area contributed by atoms with Crippen LogP contribution in [-0.2, 0) is 0 Å². The molecule has 3 nitrogen and oxygen atoms in total. The van der Waals surface area contributed by atoms with Gasteiger partial charge in [0.1, 0.15) is 5.75 Å². The zero-order valence-corrected chi connectivity index (χ0v) is 8.73. The lowest BCUT2D eigenvalue weighted by atomic mass is 9.92. The molecule has 1 aliphatic carbocycles. The Bertz CT molecular complexity index is 404. The van der Waals surface area contributed by atoms with E-state index in [1.165, 1.54) is 0 Å². The van der Waals surface area contributed by atoms with Crippen LogP contribution in [0.5, 0.6) is 5.75 Å². The Morgan fingerprint density at radius 3 is 2.80 bits per heavy atom. The van der Waals surface area contributed by atoms with Crippen molar-refractivity contribution in [2.45, 2.75) is 18.9 Å². The molecular formula is C12H14N2O. The van der Waals surface area contributed by atoms with Crippen molar-refractivity contribution < 1.29 is 4.74 Å². The Hall–Kier alpha value is -1.53. The number of nitrogens with zero attached hydrogens (tertiary/aromatic N) is 1. The average Bonchev–Trinajstić information content (AvgIpc) is 3.09. The highest BCUT2D eigenvalue weighted by Crippen LogP contribution is 2.53. The molecule has 0 aliphatic heterocycles. The lowest BCUT2D eigenvalue weighted by Gasteiger charge is -2.17. The molecule has 1 unspecified atom stereocenters. The zero-order valence-electron chi connectivity index (χ0n) is 8.73. The van der Waals surface area contributed by atoms with Gasteiger partial charge in [0, 0.05) is 6.04 Å². The van der Waals surface area contributed by atoms with Gasteiger partial charge in [-0.1, -0.05) is 12.1 Å². The second-order valence-electron chi connectivity index (χ2n) is 4.02. The molecule has 0 bridgehead atoms. The second kappa shape index (κ2) is 3.56. The third-order valence-corrected chi connectivity index (χ3v) is 3.06. The van der Waals surface area contributed by atoms with Gasteiger partial charge in [0.15, 0.2) is 0 Å². The van der Waals surface area contributed by atoms with Crippen molar-refractivity contribution in [2.24, 2.45) is 11.1 Å². The van der Waals surface area contributed by atoms with Gasteiger partial charge in [0.2, 0.25) is 0 Å². The molecule has 15 heavy (non-hydrogen) atoms. The largest absolute Gasteiger partial charge is 0.497 e. The highest BCUT2D eigenvalue weighted by Gasteiger charge is 2.49. The summed E-state index contributed by atoms with van der Waals surface area (Å²) in [6.07, 6.45) is 1.81. The maximum absolute atomic E-state index is 9.05. The van der Waals surface area contributed by atoms with E-state index in [0.717, 1.165) is 24.2 Å². The van der Waals surface area contributed by atoms with E-state index >= 15 is 0 Å². The summed E-state index contributed by atoms with van der Waals surface area (Å²) >= 11 is 0. The first-order valence-corrected chi connectivity index (χ1v) is 5.03. The smallest absolute Gasteiger partial charge is 0.119 e. The molecular weight excluding hydrogens is 188 g/mol. The number of ether oxygens (including phenoxy) is 1. The minimum Gasteiger partial charge on any atom is -0.497 e. The van der Waals surface area contributed by atoms with Gasteiger partial charge in [-0.05, 0) is 30.5 Å². The Balaban J connectivity index is 2.26. The lowest BCUT2D eigenvalue weighted by molar-refractivity contribution is 0.412.